The summed E-state index contributed by atoms with van der Waals surface area (Å²) in [5.41, 5.74) is 1.20. The summed E-state index contributed by atoms with van der Waals surface area (Å²) >= 11 is 1.77. The molecule has 3 heteroatoms. The fourth-order valence-electron chi connectivity index (χ4n) is 1.20. The van der Waals surface area contributed by atoms with E-state index in [4.69, 9.17) is 4.74 Å². The Morgan fingerprint density at radius 2 is 2.00 bits per heavy atom. The number of hydrogen-bond donors (Lipinski definition) is 0. The zero-order valence-corrected chi connectivity index (χ0v) is 10.5. The highest BCUT2D eigenvalue weighted by Gasteiger charge is 1.95. The van der Waals surface area contributed by atoms with Crippen molar-refractivity contribution in [3.63, 3.8) is 0 Å². The van der Waals surface area contributed by atoms with Gasteiger partial charge in [0, 0.05) is 17.9 Å². The average molecular weight is 238 g/mol. The maximum atomic E-state index is 10.7. The number of carbonyl (C=O) groups excluding carboxylic acids is 1. The number of rotatable bonds is 8. The van der Waals surface area contributed by atoms with Gasteiger partial charge >= 0.3 is 0 Å². The largest absolute Gasteiger partial charge is 0.376 e. The number of benzene rings is 1. The first-order valence-corrected chi connectivity index (χ1v) is 6.63. The minimum Gasteiger partial charge on any atom is -0.376 e. The molecule has 0 heterocycles. The lowest BCUT2D eigenvalue weighted by atomic mass is 10.2. The van der Waals surface area contributed by atoms with E-state index in [-0.39, 0.29) is 5.78 Å². The van der Waals surface area contributed by atoms with Crippen LogP contribution < -0.4 is 0 Å². The van der Waals surface area contributed by atoms with E-state index in [0.717, 1.165) is 18.1 Å². The molecule has 0 saturated heterocycles. The molecule has 88 valence electrons. The van der Waals surface area contributed by atoms with Gasteiger partial charge in [-0.25, -0.2) is 0 Å². The zero-order chi connectivity index (χ0) is 11.6. The Morgan fingerprint density at radius 1 is 1.25 bits per heavy atom. The Hall–Kier alpha value is -0.800. The van der Waals surface area contributed by atoms with Gasteiger partial charge in [-0.3, -0.25) is 4.79 Å². The van der Waals surface area contributed by atoms with Gasteiger partial charge in [-0.05, 0) is 12.5 Å². The third-order valence-corrected chi connectivity index (χ3v) is 3.03. The molecular formula is C13H18O2S. The van der Waals surface area contributed by atoms with E-state index in [1.165, 1.54) is 5.56 Å². The molecule has 0 aliphatic heterocycles. The van der Waals surface area contributed by atoms with Crippen LogP contribution in [0.1, 0.15) is 18.9 Å². The molecule has 0 spiro atoms. The Morgan fingerprint density at radius 3 is 2.69 bits per heavy atom. The first kappa shape index (κ1) is 13.3. The van der Waals surface area contributed by atoms with E-state index in [2.05, 4.69) is 12.1 Å². The molecule has 0 unspecified atom stereocenters. The quantitative estimate of drug-likeness (QED) is 0.651. The first-order chi connectivity index (χ1) is 7.79. The summed E-state index contributed by atoms with van der Waals surface area (Å²) in [5.74, 6) is 2.13. The number of Topliss-reactive ketones (excluding diaryl/α,β-unsaturated/α-hetero) is 1. The van der Waals surface area contributed by atoms with E-state index < -0.39 is 0 Å². The molecule has 1 aromatic rings. The number of hydrogen-bond acceptors (Lipinski definition) is 3. The van der Waals surface area contributed by atoms with Gasteiger partial charge in [-0.1, -0.05) is 30.3 Å². The molecule has 1 rings (SSSR count). The second-order valence-electron chi connectivity index (χ2n) is 3.60. The third-order valence-electron chi connectivity index (χ3n) is 2.08. The fraction of sp³-hybridized carbons (Fsp3) is 0.462. The number of thioether (sulfide) groups is 1. The maximum absolute atomic E-state index is 10.7. The van der Waals surface area contributed by atoms with Gasteiger partial charge in [0.25, 0.3) is 0 Å². The van der Waals surface area contributed by atoms with Crippen LogP contribution in [-0.4, -0.2) is 23.9 Å². The molecule has 0 fully saturated rings. The molecule has 0 aromatic heterocycles. The topological polar surface area (TPSA) is 26.3 Å². The van der Waals surface area contributed by atoms with Crippen LogP contribution in [0.5, 0.6) is 0 Å². The highest BCUT2D eigenvalue weighted by molar-refractivity contribution is 7.99. The van der Waals surface area contributed by atoms with Crippen LogP contribution in [0.2, 0.25) is 0 Å². The van der Waals surface area contributed by atoms with Gasteiger partial charge in [0.1, 0.15) is 5.78 Å². The van der Waals surface area contributed by atoms with Gasteiger partial charge in [0.15, 0.2) is 0 Å². The predicted octanol–water partition coefficient (Wildman–Crippen LogP) is 2.92. The summed E-state index contributed by atoms with van der Waals surface area (Å²) in [6.07, 6.45) is 0.670. The number of carbonyl (C=O) groups is 1. The molecule has 0 atom stereocenters. The van der Waals surface area contributed by atoms with Crippen LogP contribution in [0.4, 0.5) is 0 Å². The van der Waals surface area contributed by atoms with Gasteiger partial charge in [0.05, 0.1) is 13.2 Å². The predicted molar refractivity (Wildman–Crippen MR) is 68.7 cm³/mol. The fourth-order valence-corrected chi connectivity index (χ4v) is 2.07. The zero-order valence-electron chi connectivity index (χ0n) is 9.65. The molecule has 0 N–H and O–H groups in total. The van der Waals surface area contributed by atoms with Crippen molar-refractivity contribution in [3.05, 3.63) is 35.9 Å². The second kappa shape index (κ2) is 8.36. The van der Waals surface area contributed by atoms with E-state index >= 15 is 0 Å². The normalized spacial score (nSPS) is 10.3. The van der Waals surface area contributed by atoms with Crippen molar-refractivity contribution < 1.29 is 9.53 Å². The van der Waals surface area contributed by atoms with Crippen LogP contribution >= 0.6 is 11.8 Å². The maximum Gasteiger partial charge on any atom is 0.130 e. The minimum atomic E-state index is 0.262. The van der Waals surface area contributed by atoms with Crippen molar-refractivity contribution in [3.8, 4) is 0 Å². The SMILES string of the molecule is CC(=O)CCSCCOCc1ccccc1. The van der Waals surface area contributed by atoms with Crippen LogP contribution in [0, 0.1) is 0 Å². The molecule has 0 radical (unpaired) electrons. The summed E-state index contributed by atoms with van der Waals surface area (Å²) in [6, 6.07) is 10.1. The molecule has 1 aromatic carbocycles. The lowest BCUT2D eigenvalue weighted by molar-refractivity contribution is -0.116. The Labute approximate surface area is 101 Å². The number of ether oxygens (including phenoxy) is 1. The Kier molecular flexibility index (Phi) is 6.93. The summed E-state index contributed by atoms with van der Waals surface area (Å²) in [6.45, 7) is 3.05. The lowest BCUT2D eigenvalue weighted by Gasteiger charge is -2.03. The molecule has 2 nitrogen and oxygen atoms in total. The Balaban J connectivity index is 1.94. The van der Waals surface area contributed by atoms with E-state index in [0.29, 0.717) is 13.0 Å². The molecule has 16 heavy (non-hydrogen) atoms. The van der Waals surface area contributed by atoms with Crippen molar-refractivity contribution in [1.82, 2.24) is 0 Å². The lowest BCUT2D eigenvalue weighted by Crippen LogP contribution is -1.99. The smallest absolute Gasteiger partial charge is 0.130 e. The summed E-state index contributed by atoms with van der Waals surface area (Å²) in [7, 11) is 0. The summed E-state index contributed by atoms with van der Waals surface area (Å²) < 4.78 is 5.52. The molecule has 0 aliphatic rings. The minimum absolute atomic E-state index is 0.262. The Bertz CT molecular complexity index is 298. The van der Waals surface area contributed by atoms with Gasteiger partial charge in [-0.2, -0.15) is 11.8 Å². The van der Waals surface area contributed by atoms with Crippen LogP contribution in [0.15, 0.2) is 30.3 Å². The van der Waals surface area contributed by atoms with E-state index in [1.54, 1.807) is 18.7 Å². The van der Waals surface area contributed by atoms with Crippen molar-refractivity contribution in [1.29, 1.82) is 0 Å². The van der Waals surface area contributed by atoms with Crippen LogP contribution in [0.3, 0.4) is 0 Å². The highest BCUT2D eigenvalue weighted by atomic mass is 32.2. The standard InChI is InChI=1S/C13H18O2S/c1-12(14)7-9-16-10-8-15-11-13-5-3-2-4-6-13/h2-6H,7-11H2,1H3. The molecule has 0 saturated carbocycles. The highest BCUT2D eigenvalue weighted by Crippen LogP contribution is 2.04. The van der Waals surface area contributed by atoms with Crippen molar-refractivity contribution in [2.24, 2.45) is 0 Å². The van der Waals surface area contributed by atoms with Crippen LogP contribution in [0.25, 0.3) is 0 Å². The molecule has 0 aliphatic carbocycles. The third kappa shape index (κ3) is 6.64. The second-order valence-corrected chi connectivity index (χ2v) is 4.83. The van der Waals surface area contributed by atoms with Crippen molar-refractivity contribution in [2.45, 2.75) is 20.0 Å². The number of ketones is 1. The van der Waals surface area contributed by atoms with Gasteiger partial charge < -0.3 is 4.74 Å². The van der Waals surface area contributed by atoms with Crippen molar-refractivity contribution >= 4 is 17.5 Å². The van der Waals surface area contributed by atoms with E-state index in [1.807, 2.05) is 18.2 Å². The van der Waals surface area contributed by atoms with Gasteiger partial charge in [0.2, 0.25) is 0 Å². The molecule has 0 amide bonds. The average Bonchev–Trinajstić information content (AvgIpc) is 2.29. The monoisotopic (exact) mass is 238 g/mol. The van der Waals surface area contributed by atoms with Crippen molar-refractivity contribution in [2.75, 3.05) is 18.1 Å². The summed E-state index contributed by atoms with van der Waals surface area (Å²) in [5, 5.41) is 0. The van der Waals surface area contributed by atoms with E-state index in [9.17, 15) is 4.79 Å². The van der Waals surface area contributed by atoms with Gasteiger partial charge in [-0.15, -0.1) is 0 Å². The summed E-state index contributed by atoms with van der Waals surface area (Å²) in [4.78, 5) is 10.7. The van der Waals surface area contributed by atoms with Crippen LogP contribution in [-0.2, 0) is 16.1 Å². The molecule has 0 bridgehead atoms. The first-order valence-electron chi connectivity index (χ1n) is 5.48. The molecular weight excluding hydrogens is 220 g/mol.